The second kappa shape index (κ2) is 17.6. The van der Waals surface area contributed by atoms with Gasteiger partial charge in [-0.15, -0.1) is 0 Å². The number of aryl methyl sites for hydroxylation is 2. The van der Waals surface area contributed by atoms with Crippen molar-refractivity contribution in [1.29, 1.82) is 0 Å². The zero-order valence-corrected chi connectivity index (χ0v) is 33.6. The van der Waals surface area contributed by atoms with Gasteiger partial charge >= 0.3 is 12.2 Å². The van der Waals surface area contributed by atoms with E-state index in [9.17, 15) is 19.5 Å². The van der Waals surface area contributed by atoms with E-state index < -0.39 is 5.60 Å². The molecule has 4 aliphatic rings. The fourth-order valence-electron chi connectivity index (χ4n) is 8.12. The highest BCUT2D eigenvalue weighted by Gasteiger charge is 2.44. The highest BCUT2D eigenvalue weighted by atomic mass is 16.6. The van der Waals surface area contributed by atoms with Crippen molar-refractivity contribution in [2.75, 3.05) is 32.7 Å². The summed E-state index contributed by atoms with van der Waals surface area (Å²) in [6, 6.07) is 10.9. The predicted molar refractivity (Wildman–Crippen MR) is 208 cm³/mol. The first-order valence-corrected chi connectivity index (χ1v) is 19.6. The Morgan fingerprint density at radius 3 is 1.64 bits per heavy atom. The summed E-state index contributed by atoms with van der Waals surface area (Å²) in [6.45, 7) is 20.4. The van der Waals surface area contributed by atoms with Crippen LogP contribution in [0.15, 0.2) is 36.4 Å². The fraction of sp³-hybridized carbons (Fsp3) is 0.651. The van der Waals surface area contributed by atoms with E-state index >= 15 is 0 Å². The summed E-state index contributed by atoms with van der Waals surface area (Å²) in [4.78, 5) is 40.7. The molecule has 1 aliphatic carbocycles. The SMILES string of the molecule is CC(C)(C)OC(=O)N1CCC2(CCCC2)CC1.Cc1ccc(C=O)c(O)c1.Cc1ccc(CN2CCCC23CCN(C(=O)OC(C)(C)C)CC3)c(O)c1. The number of hydrogen-bond donors (Lipinski definition) is 2. The van der Waals surface area contributed by atoms with Gasteiger partial charge in [-0.2, -0.15) is 0 Å². The number of carbonyl (C=O) groups excluding carboxylic acids is 3. The van der Waals surface area contributed by atoms with E-state index in [0.717, 1.165) is 68.8 Å². The first kappa shape index (κ1) is 42.0. The van der Waals surface area contributed by atoms with Crippen molar-refractivity contribution in [2.24, 2.45) is 5.41 Å². The average molecular weight is 736 g/mol. The lowest BCUT2D eigenvalue weighted by molar-refractivity contribution is 0.00146. The van der Waals surface area contributed by atoms with Gasteiger partial charge in [0.25, 0.3) is 0 Å². The molecule has 4 fully saturated rings. The van der Waals surface area contributed by atoms with Crippen LogP contribution in [-0.2, 0) is 16.0 Å². The number of carbonyl (C=O) groups is 3. The molecule has 2 aromatic rings. The van der Waals surface area contributed by atoms with Crippen molar-refractivity contribution in [3.8, 4) is 11.5 Å². The van der Waals surface area contributed by atoms with E-state index in [0.29, 0.717) is 23.0 Å². The van der Waals surface area contributed by atoms with Crippen molar-refractivity contribution in [3.63, 3.8) is 0 Å². The lowest BCUT2D eigenvalue weighted by Crippen LogP contribution is -2.53. The number of piperidine rings is 2. The topological polar surface area (TPSA) is 120 Å². The Labute approximate surface area is 317 Å². The lowest BCUT2D eigenvalue weighted by Gasteiger charge is -2.45. The Morgan fingerprint density at radius 2 is 1.17 bits per heavy atom. The molecule has 3 aliphatic heterocycles. The maximum atomic E-state index is 12.3. The number of amides is 2. The number of rotatable bonds is 3. The third-order valence-electron chi connectivity index (χ3n) is 11.1. The van der Waals surface area contributed by atoms with Gasteiger partial charge in [0.2, 0.25) is 0 Å². The Kier molecular flexibility index (Phi) is 13.9. The smallest absolute Gasteiger partial charge is 0.410 e. The summed E-state index contributed by atoms with van der Waals surface area (Å²) in [5.41, 5.74) is 3.25. The van der Waals surface area contributed by atoms with Crippen LogP contribution in [0, 0.1) is 19.3 Å². The van der Waals surface area contributed by atoms with Crippen LogP contribution in [0.3, 0.4) is 0 Å². The molecule has 294 valence electrons. The molecule has 0 aromatic heterocycles. The van der Waals surface area contributed by atoms with E-state index in [1.165, 1.54) is 51.4 Å². The van der Waals surface area contributed by atoms with E-state index in [1.807, 2.05) is 77.3 Å². The number of benzene rings is 2. The molecule has 0 bridgehead atoms. The molecule has 53 heavy (non-hydrogen) atoms. The van der Waals surface area contributed by atoms with Gasteiger partial charge < -0.3 is 29.5 Å². The van der Waals surface area contributed by atoms with Crippen LogP contribution in [-0.4, -0.2) is 92.9 Å². The second-order valence-electron chi connectivity index (χ2n) is 17.7. The van der Waals surface area contributed by atoms with Crippen LogP contribution < -0.4 is 0 Å². The normalized spacial score (nSPS) is 19.5. The van der Waals surface area contributed by atoms with Gasteiger partial charge in [0.1, 0.15) is 22.7 Å². The number of ether oxygens (including phenoxy) is 2. The van der Waals surface area contributed by atoms with Gasteiger partial charge in [0.15, 0.2) is 6.29 Å². The van der Waals surface area contributed by atoms with Crippen molar-refractivity contribution < 1.29 is 34.1 Å². The summed E-state index contributed by atoms with van der Waals surface area (Å²) >= 11 is 0. The molecule has 2 amide bonds. The minimum Gasteiger partial charge on any atom is -0.508 e. The number of nitrogens with zero attached hydrogens (tertiary/aromatic N) is 3. The quantitative estimate of drug-likeness (QED) is 0.300. The molecule has 0 atom stereocenters. The Bertz CT molecular complexity index is 1540. The minimum absolute atomic E-state index is 0.0509. The maximum Gasteiger partial charge on any atom is 0.410 e. The third kappa shape index (κ3) is 12.1. The lowest BCUT2D eigenvalue weighted by atomic mass is 9.77. The molecule has 10 nitrogen and oxygen atoms in total. The van der Waals surface area contributed by atoms with Crippen LogP contribution in [0.2, 0.25) is 0 Å². The molecule has 2 aromatic carbocycles. The highest BCUT2D eigenvalue weighted by Crippen LogP contribution is 2.46. The number of aldehydes is 1. The first-order valence-electron chi connectivity index (χ1n) is 19.6. The first-order chi connectivity index (χ1) is 24.8. The van der Waals surface area contributed by atoms with Crippen molar-refractivity contribution in [2.45, 2.75) is 143 Å². The molecule has 6 rings (SSSR count). The standard InChI is InChI=1S/C21H32N2O3.C14H25NO2.C8H8O2/c1-16-6-7-17(18(24)14-16)15-23-11-5-8-21(23)9-12-22(13-10-21)19(25)26-20(2,3)4;1-13(2,3)17-12(16)15-10-8-14(9-11-15)6-4-5-7-14;1-6-2-3-7(5-9)8(10)4-6/h6-7,14,24H,5,8-13,15H2,1-4H3;4-11H2,1-3H3;2-5,10H,1H3. The van der Waals surface area contributed by atoms with Crippen molar-refractivity contribution in [1.82, 2.24) is 14.7 Å². The number of phenolic OH excluding ortho intramolecular Hbond substituents is 2. The molecule has 10 heteroatoms. The van der Waals surface area contributed by atoms with Gasteiger partial charge in [0.05, 0.1) is 5.56 Å². The van der Waals surface area contributed by atoms with Crippen LogP contribution in [0.4, 0.5) is 9.59 Å². The zero-order valence-electron chi connectivity index (χ0n) is 33.6. The molecule has 3 heterocycles. The monoisotopic (exact) mass is 735 g/mol. The highest BCUT2D eigenvalue weighted by molar-refractivity contribution is 5.79. The number of aromatic hydroxyl groups is 2. The predicted octanol–water partition coefficient (Wildman–Crippen LogP) is 9.16. The second-order valence-corrected chi connectivity index (χ2v) is 17.7. The molecular weight excluding hydrogens is 670 g/mol. The van der Waals surface area contributed by atoms with Crippen LogP contribution >= 0.6 is 0 Å². The molecule has 2 spiro atoms. The minimum atomic E-state index is -0.450. The fourth-order valence-corrected chi connectivity index (χ4v) is 8.12. The van der Waals surface area contributed by atoms with E-state index in [1.54, 1.807) is 18.2 Å². The maximum absolute atomic E-state index is 12.3. The number of phenols is 2. The number of hydrogen-bond acceptors (Lipinski definition) is 8. The van der Waals surface area contributed by atoms with E-state index in [4.69, 9.17) is 14.6 Å². The largest absolute Gasteiger partial charge is 0.508 e. The van der Waals surface area contributed by atoms with Crippen molar-refractivity contribution in [3.05, 3.63) is 58.7 Å². The summed E-state index contributed by atoms with van der Waals surface area (Å²) in [5, 5.41) is 19.3. The molecule has 3 saturated heterocycles. The number of likely N-dealkylation sites (tertiary alicyclic amines) is 3. The third-order valence-corrected chi connectivity index (χ3v) is 11.1. The van der Waals surface area contributed by atoms with Crippen LogP contribution in [0.5, 0.6) is 11.5 Å². The zero-order chi connectivity index (χ0) is 39.0. The molecular formula is C43H65N3O7. The van der Waals surface area contributed by atoms with Crippen molar-refractivity contribution >= 4 is 18.5 Å². The van der Waals surface area contributed by atoms with E-state index in [-0.39, 0.29) is 29.1 Å². The van der Waals surface area contributed by atoms with Gasteiger partial charge in [0, 0.05) is 43.8 Å². The van der Waals surface area contributed by atoms with Gasteiger partial charge in [-0.3, -0.25) is 9.69 Å². The van der Waals surface area contributed by atoms with E-state index in [2.05, 4.69) is 11.0 Å². The van der Waals surface area contributed by atoms with Gasteiger partial charge in [-0.1, -0.05) is 31.0 Å². The van der Waals surface area contributed by atoms with Gasteiger partial charge in [-0.05, 0) is 148 Å². The summed E-state index contributed by atoms with van der Waals surface area (Å²) in [6.07, 6.45) is 12.4. The summed E-state index contributed by atoms with van der Waals surface area (Å²) in [5.74, 6) is 0.438. The molecule has 0 unspecified atom stereocenters. The Hall–Kier alpha value is -3.79. The average Bonchev–Trinajstić information content (AvgIpc) is 3.68. The van der Waals surface area contributed by atoms with Crippen LogP contribution in [0.1, 0.15) is 133 Å². The Balaban J connectivity index is 0.000000198. The Morgan fingerprint density at radius 1 is 0.679 bits per heavy atom. The molecule has 0 radical (unpaired) electrons. The molecule has 1 saturated carbocycles. The molecule has 2 N–H and O–H groups in total. The summed E-state index contributed by atoms with van der Waals surface area (Å²) < 4.78 is 10.9. The van der Waals surface area contributed by atoms with Crippen LogP contribution in [0.25, 0.3) is 0 Å². The van der Waals surface area contributed by atoms with Gasteiger partial charge in [-0.25, -0.2) is 9.59 Å². The summed E-state index contributed by atoms with van der Waals surface area (Å²) in [7, 11) is 0.